The minimum absolute atomic E-state index is 1.17. The average molecular weight is 1050 g/mol. The van der Waals surface area contributed by atoms with Crippen molar-refractivity contribution >= 4 is 150 Å². The largest absolute Gasteiger partial charge is 0.308 e. The second-order valence-electron chi connectivity index (χ2n) is 21.4. The van der Waals surface area contributed by atoms with Gasteiger partial charge in [0, 0.05) is 63.9 Å². The van der Waals surface area contributed by atoms with E-state index in [0.29, 0.717) is 0 Å². The summed E-state index contributed by atoms with van der Waals surface area (Å²) in [6.07, 6.45) is 0. The maximum absolute atomic E-state index is 2.52. The summed E-state index contributed by atoms with van der Waals surface area (Å²) in [5.41, 5.74) is 14.6. The van der Waals surface area contributed by atoms with Crippen molar-refractivity contribution in [3.63, 3.8) is 0 Å². The van der Waals surface area contributed by atoms with Crippen molar-refractivity contribution in [2.24, 2.45) is 0 Å². The van der Waals surface area contributed by atoms with E-state index in [0.717, 1.165) is 0 Å². The average Bonchev–Trinajstić information content (AvgIpc) is 4.49. The van der Waals surface area contributed by atoms with Gasteiger partial charge in [-0.15, -0.1) is 22.7 Å². The van der Waals surface area contributed by atoms with Gasteiger partial charge in [0.05, 0.1) is 31.5 Å². The predicted octanol–water partition coefficient (Wildman–Crippen LogP) is 22.2. The molecule has 0 unspecified atom stereocenters. The second kappa shape index (κ2) is 16.8. The van der Waals surface area contributed by atoms with Gasteiger partial charge in [0.2, 0.25) is 0 Å². The van der Waals surface area contributed by atoms with E-state index in [4.69, 9.17) is 0 Å². The first-order chi connectivity index (χ1) is 39.7. The number of benzene rings is 14. The van der Waals surface area contributed by atoms with Crippen LogP contribution in [-0.4, -0.2) is 9.13 Å². The molecule has 18 rings (SSSR count). The number of thiophene rings is 2. The molecule has 0 aliphatic heterocycles. The molecular formula is C76H44N2S2. The third-order valence-electron chi connectivity index (χ3n) is 17.3. The summed E-state index contributed by atoms with van der Waals surface area (Å²) in [5.74, 6) is 0. The lowest BCUT2D eigenvalue weighted by molar-refractivity contribution is 1.19. The Labute approximate surface area is 467 Å². The number of aromatic nitrogens is 2. The summed E-state index contributed by atoms with van der Waals surface area (Å²) in [7, 11) is 0. The maximum atomic E-state index is 2.52. The van der Waals surface area contributed by atoms with Crippen molar-refractivity contribution in [3.8, 4) is 44.8 Å². The van der Waals surface area contributed by atoms with Gasteiger partial charge >= 0.3 is 0 Å². The van der Waals surface area contributed by atoms with Crippen LogP contribution in [0.25, 0.3) is 172 Å². The fourth-order valence-electron chi connectivity index (χ4n) is 14.0. The van der Waals surface area contributed by atoms with Crippen LogP contribution in [0, 0.1) is 0 Å². The molecule has 2 nitrogen and oxygen atoms in total. The zero-order valence-electron chi connectivity index (χ0n) is 43.1. The van der Waals surface area contributed by atoms with E-state index in [1.54, 1.807) is 0 Å². The van der Waals surface area contributed by atoms with Crippen LogP contribution in [0.2, 0.25) is 0 Å². The van der Waals surface area contributed by atoms with Gasteiger partial charge in [0.25, 0.3) is 0 Å². The standard InChI is InChI=1S/C76H44N2S2/c1-3-19-47(20-4-1)77-65-41-35-45(43-63(65)69-57-27-11-13-29-59(57)71-61-31-15-17-33-67(61)79-75(71)73(69)77)49-37-39-55(53-25-9-7-23-51(49)53)56-40-38-50(52-24-8-10-26-54(52)56)46-36-42-66-64(44-46)70-58-28-12-14-30-60(58)72-62-32-16-18-34-68(62)80-76(72)74(70)78(66)48-21-5-2-6-22-48/h1-44H. The number of para-hydroxylation sites is 2. The van der Waals surface area contributed by atoms with Gasteiger partial charge in [0.15, 0.2) is 0 Å². The van der Waals surface area contributed by atoms with Crippen molar-refractivity contribution in [3.05, 3.63) is 267 Å². The van der Waals surface area contributed by atoms with Crippen LogP contribution in [0.4, 0.5) is 0 Å². The Kier molecular flexibility index (Phi) is 9.29. The Morgan fingerprint density at radius 3 is 0.938 bits per heavy atom. The molecule has 0 N–H and O–H groups in total. The molecule has 0 spiro atoms. The van der Waals surface area contributed by atoms with Gasteiger partial charge in [-0.05, 0) is 137 Å². The number of nitrogens with zero attached hydrogens (tertiary/aromatic N) is 2. The monoisotopic (exact) mass is 1050 g/mol. The van der Waals surface area contributed by atoms with Gasteiger partial charge < -0.3 is 9.13 Å². The van der Waals surface area contributed by atoms with Crippen LogP contribution >= 0.6 is 22.7 Å². The molecule has 0 saturated heterocycles. The molecule has 0 aliphatic rings. The van der Waals surface area contributed by atoms with Crippen molar-refractivity contribution in [1.82, 2.24) is 9.13 Å². The summed E-state index contributed by atoms with van der Waals surface area (Å²) in [6, 6.07) is 99.7. The Balaban J connectivity index is 0.828. The SMILES string of the molecule is c1ccc(-n2c3ccc(-c4ccc(-c5ccc(-c6ccc7c(c6)c6c8ccccc8c8c9ccccc9sc8c6n7-c6ccccc6)c6ccccc56)c5ccccc45)cc3c3c4ccccc4c4c5ccccc5sc4c32)cc1. The van der Waals surface area contributed by atoms with Crippen LogP contribution in [-0.2, 0) is 0 Å². The fourth-order valence-corrected chi connectivity index (χ4v) is 16.5. The molecule has 18 aromatic rings. The van der Waals surface area contributed by atoms with Gasteiger partial charge in [-0.25, -0.2) is 0 Å². The van der Waals surface area contributed by atoms with E-state index in [1.807, 2.05) is 22.7 Å². The Hall–Kier alpha value is -9.84. The van der Waals surface area contributed by atoms with Gasteiger partial charge in [-0.2, -0.15) is 0 Å². The summed E-state index contributed by atoms with van der Waals surface area (Å²) in [5, 5.41) is 20.6. The number of hydrogen-bond acceptors (Lipinski definition) is 2. The Morgan fingerprint density at radius 2 is 0.537 bits per heavy atom. The lowest BCUT2D eigenvalue weighted by Gasteiger charge is -2.16. The van der Waals surface area contributed by atoms with E-state index in [2.05, 4.69) is 276 Å². The molecule has 0 aliphatic carbocycles. The highest BCUT2D eigenvalue weighted by molar-refractivity contribution is 7.27. The molecule has 4 aromatic heterocycles. The number of rotatable bonds is 5. The molecule has 0 fully saturated rings. The molecule has 0 radical (unpaired) electrons. The molecule has 370 valence electrons. The first-order valence-corrected chi connectivity index (χ1v) is 29.1. The number of hydrogen-bond donors (Lipinski definition) is 0. The van der Waals surface area contributed by atoms with E-state index >= 15 is 0 Å². The summed E-state index contributed by atoms with van der Waals surface area (Å²) in [4.78, 5) is 0. The Bertz CT molecular complexity index is 5310. The molecule has 0 saturated carbocycles. The van der Waals surface area contributed by atoms with E-state index in [-0.39, 0.29) is 0 Å². The topological polar surface area (TPSA) is 9.86 Å². The molecule has 4 heterocycles. The minimum atomic E-state index is 1.17. The van der Waals surface area contributed by atoms with Crippen LogP contribution in [0.1, 0.15) is 0 Å². The summed E-state index contributed by atoms with van der Waals surface area (Å²) >= 11 is 3.82. The van der Waals surface area contributed by atoms with Crippen molar-refractivity contribution in [2.45, 2.75) is 0 Å². The van der Waals surface area contributed by atoms with Crippen LogP contribution in [0.15, 0.2) is 267 Å². The highest BCUT2D eigenvalue weighted by Gasteiger charge is 2.25. The summed E-state index contributed by atoms with van der Waals surface area (Å²) < 4.78 is 10.3. The van der Waals surface area contributed by atoms with Gasteiger partial charge in [-0.3, -0.25) is 0 Å². The van der Waals surface area contributed by atoms with E-state index in [9.17, 15) is 0 Å². The smallest absolute Gasteiger partial charge is 0.0726 e. The van der Waals surface area contributed by atoms with Crippen molar-refractivity contribution in [2.75, 3.05) is 0 Å². The fraction of sp³-hybridized carbons (Fsp3) is 0. The van der Waals surface area contributed by atoms with E-state index < -0.39 is 0 Å². The van der Waals surface area contributed by atoms with Crippen LogP contribution in [0.3, 0.4) is 0 Å². The van der Waals surface area contributed by atoms with E-state index in [1.165, 1.54) is 172 Å². The molecule has 0 bridgehead atoms. The first-order valence-electron chi connectivity index (χ1n) is 27.5. The molecule has 0 atom stereocenters. The van der Waals surface area contributed by atoms with Crippen LogP contribution < -0.4 is 0 Å². The maximum Gasteiger partial charge on any atom is 0.0726 e. The first kappa shape index (κ1) is 44.2. The number of fused-ring (bicyclic) bond motifs is 22. The quantitative estimate of drug-likeness (QED) is 0.163. The second-order valence-corrected chi connectivity index (χ2v) is 23.5. The molecule has 14 aromatic carbocycles. The third kappa shape index (κ3) is 6.12. The zero-order valence-corrected chi connectivity index (χ0v) is 44.7. The molecule has 0 amide bonds. The molecule has 4 heteroatoms. The van der Waals surface area contributed by atoms with Crippen molar-refractivity contribution < 1.29 is 0 Å². The highest BCUT2D eigenvalue weighted by Crippen LogP contribution is 2.51. The minimum Gasteiger partial charge on any atom is -0.308 e. The molecular weight excluding hydrogens is 1000 g/mol. The lowest BCUT2D eigenvalue weighted by Crippen LogP contribution is -1.94. The Morgan fingerprint density at radius 1 is 0.225 bits per heavy atom. The predicted molar refractivity (Wildman–Crippen MR) is 347 cm³/mol. The zero-order chi connectivity index (χ0) is 52.2. The third-order valence-corrected chi connectivity index (χ3v) is 19.6. The van der Waals surface area contributed by atoms with Gasteiger partial charge in [0.1, 0.15) is 0 Å². The van der Waals surface area contributed by atoms with Crippen molar-refractivity contribution in [1.29, 1.82) is 0 Å². The van der Waals surface area contributed by atoms with Crippen LogP contribution in [0.5, 0.6) is 0 Å². The summed E-state index contributed by atoms with van der Waals surface area (Å²) in [6.45, 7) is 0. The molecule has 80 heavy (non-hydrogen) atoms. The highest BCUT2D eigenvalue weighted by atomic mass is 32.1. The lowest BCUT2D eigenvalue weighted by atomic mass is 9.87. The van der Waals surface area contributed by atoms with Gasteiger partial charge in [-0.1, -0.05) is 206 Å². The normalized spacial score (nSPS) is 12.2.